The van der Waals surface area contributed by atoms with Gasteiger partial charge in [0.05, 0.1) is 16.6 Å². The van der Waals surface area contributed by atoms with Gasteiger partial charge in [0.2, 0.25) is 0 Å². The summed E-state index contributed by atoms with van der Waals surface area (Å²) in [5.41, 5.74) is 8.87. The number of phenolic OH excluding ortho intramolecular Hbond substituents is 1. The number of phenols is 1. The number of rotatable bonds is 5. The minimum atomic E-state index is -0.400. The van der Waals surface area contributed by atoms with Crippen LogP contribution in [0.4, 0.5) is 0 Å². The van der Waals surface area contributed by atoms with Crippen LogP contribution in [0.15, 0.2) is 146 Å². The van der Waals surface area contributed by atoms with Crippen molar-refractivity contribution in [1.82, 2.24) is 24.5 Å². The van der Waals surface area contributed by atoms with Gasteiger partial charge in [0.25, 0.3) is 0 Å². The largest absolute Gasteiger partial charge is 0.507 e. The minimum Gasteiger partial charge on any atom is -0.507 e. The summed E-state index contributed by atoms with van der Waals surface area (Å²) in [6.07, 6.45) is 3.76. The van der Waals surface area contributed by atoms with Crippen LogP contribution in [0.5, 0.6) is 5.75 Å². The van der Waals surface area contributed by atoms with E-state index in [0.717, 1.165) is 81.2 Å². The molecule has 0 unspecified atom stereocenters. The molecule has 0 aliphatic heterocycles. The third-order valence-corrected chi connectivity index (χ3v) is 11.3. The predicted molar refractivity (Wildman–Crippen MR) is 226 cm³/mol. The van der Waals surface area contributed by atoms with Crippen molar-refractivity contribution in [1.29, 1.82) is 0 Å². The average molecular weight is 924 g/mol. The van der Waals surface area contributed by atoms with Gasteiger partial charge in [0.1, 0.15) is 16.4 Å². The third-order valence-electron chi connectivity index (χ3n) is 10.2. The fourth-order valence-electron chi connectivity index (χ4n) is 7.73. The van der Waals surface area contributed by atoms with E-state index in [1.807, 2.05) is 85.2 Å². The fraction of sp³-hybridized carbons (Fsp3) is 0.0833. The maximum atomic E-state index is 12.4. The molecule has 0 saturated carbocycles. The van der Waals surface area contributed by atoms with Crippen molar-refractivity contribution in [2.75, 3.05) is 0 Å². The fourth-order valence-corrected chi connectivity index (χ4v) is 8.93. The number of aromatic nitrogens is 5. The zero-order valence-corrected chi connectivity index (χ0v) is 33.9. The molecule has 1 N–H and O–H groups in total. The Morgan fingerprint density at radius 1 is 0.661 bits per heavy atom. The molecule has 4 aromatic heterocycles. The van der Waals surface area contributed by atoms with Crippen LogP contribution in [0.2, 0.25) is 0 Å². The Kier molecular flexibility index (Phi) is 8.88. The molecule has 0 aliphatic carbocycles. The van der Waals surface area contributed by atoms with Crippen molar-refractivity contribution < 1.29 is 26.2 Å². The first-order valence-corrected chi connectivity index (χ1v) is 19.1. The Balaban J connectivity index is 0.00000410. The number of para-hydroxylation sites is 1. The summed E-state index contributed by atoms with van der Waals surface area (Å²) in [6, 6.07) is 48.7. The van der Waals surface area contributed by atoms with Crippen LogP contribution >= 0.6 is 11.3 Å². The third kappa shape index (κ3) is 5.90. The molecular formula is C48H34N5OPtS-. The standard InChI is InChI=1S/C48H34N5OS.Pt/c1-48(2,3)53-39-23-13-22-34(32-18-12-19-33(26-32)38-27-31(24-25-49-38)29-14-6-4-7-15-29)42(39)51-46(53)41-40-37-28-50-45(30-16-8-5-9-17-30)52-47(37)55-44(40)36-21-11-10-20-35(36)43(41)54;/h4-25,27-28,54H,1-3H3;/q-1;. The zero-order chi connectivity index (χ0) is 37.3. The van der Waals surface area contributed by atoms with E-state index in [1.54, 1.807) is 11.3 Å². The van der Waals surface area contributed by atoms with Gasteiger partial charge in [0, 0.05) is 76.5 Å². The Bertz CT molecular complexity index is 3100. The number of hydrogen-bond acceptors (Lipinski definition) is 6. The Morgan fingerprint density at radius 2 is 1.36 bits per heavy atom. The van der Waals surface area contributed by atoms with Crippen LogP contribution in [0, 0.1) is 6.07 Å². The van der Waals surface area contributed by atoms with Crippen molar-refractivity contribution in [2.45, 2.75) is 26.3 Å². The molecule has 4 heterocycles. The molecule has 0 fully saturated rings. The summed E-state index contributed by atoms with van der Waals surface area (Å²) in [6.45, 7) is 6.54. The Morgan fingerprint density at radius 3 is 2.12 bits per heavy atom. The zero-order valence-electron chi connectivity index (χ0n) is 30.8. The summed E-state index contributed by atoms with van der Waals surface area (Å²) in [7, 11) is 0. The smallest absolute Gasteiger partial charge is 0.160 e. The van der Waals surface area contributed by atoms with Gasteiger partial charge in [-0.3, -0.25) is 4.98 Å². The first kappa shape index (κ1) is 35.7. The monoisotopic (exact) mass is 923 g/mol. The number of aromatic hydroxyl groups is 1. The summed E-state index contributed by atoms with van der Waals surface area (Å²) >= 11 is 1.63. The van der Waals surface area contributed by atoms with E-state index < -0.39 is 5.54 Å². The molecule has 0 amide bonds. The second-order valence-electron chi connectivity index (χ2n) is 14.7. The number of nitrogens with zero attached hydrogens (tertiary/aromatic N) is 5. The number of imidazole rings is 1. The van der Waals surface area contributed by atoms with Gasteiger partial charge in [-0.25, -0.2) is 15.0 Å². The molecule has 6 aromatic carbocycles. The molecule has 8 heteroatoms. The van der Waals surface area contributed by atoms with E-state index >= 15 is 0 Å². The van der Waals surface area contributed by atoms with Gasteiger partial charge < -0.3 is 9.67 Å². The number of pyridine rings is 1. The molecule has 0 atom stereocenters. The molecule has 0 aliphatic rings. The van der Waals surface area contributed by atoms with Crippen molar-refractivity contribution in [2.24, 2.45) is 0 Å². The van der Waals surface area contributed by atoms with Crippen LogP contribution in [0.1, 0.15) is 20.8 Å². The first-order valence-electron chi connectivity index (χ1n) is 18.3. The molecule has 0 bridgehead atoms. The maximum Gasteiger partial charge on any atom is 0.160 e. The number of benzene rings is 6. The van der Waals surface area contributed by atoms with Crippen LogP contribution in [-0.4, -0.2) is 29.6 Å². The van der Waals surface area contributed by atoms with Crippen molar-refractivity contribution in [3.63, 3.8) is 0 Å². The van der Waals surface area contributed by atoms with Gasteiger partial charge in [-0.15, -0.1) is 41.2 Å². The molecule has 0 spiro atoms. The van der Waals surface area contributed by atoms with E-state index in [9.17, 15) is 5.11 Å². The molecule has 6 nitrogen and oxygen atoms in total. The number of fused-ring (bicyclic) bond motifs is 6. The average Bonchev–Trinajstić information content (AvgIpc) is 3.81. The van der Waals surface area contributed by atoms with Crippen LogP contribution in [0.25, 0.3) is 98.4 Å². The van der Waals surface area contributed by atoms with Crippen molar-refractivity contribution in [3.8, 4) is 62.0 Å². The second-order valence-corrected chi connectivity index (χ2v) is 15.7. The number of hydrogen-bond donors (Lipinski definition) is 1. The van der Waals surface area contributed by atoms with Gasteiger partial charge in [0.15, 0.2) is 5.82 Å². The normalized spacial score (nSPS) is 11.8. The summed E-state index contributed by atoms with van der Waals surface area (Å²) < 4.78 is 3.30. The van der Waals surface area contributed by atoms with Gasteiger partial charge in [-0.05, 0) is 44.0 Å². The van der Waals surface area contributed by atoms with E-state index in [4.69, 9.17) is 19.9 Å². The Labute approximate surface area is 342 Å². The van der Waals surface area contributed by atoms with Crippen molar-refractivity contribution >= 4 is 53.4 Å². The summed E-state index contributed by atoms with van der Waals surface area (Å²) in [4.78, 5) is 21.0. The van der Waals surface area contributed by atoms with E-state index in [0.29, 0.717) is 17.2 Å². The van der Waals surface area contributed by atoms with Gasteiger partial charge in [-0.2, -0.15) is 0 Å². The maximum absolute atomic E-state index is 12.4. The van der Waals surface area contributed by atoms with Gasteiger partial charge in [-0.1, -0.05) is 114 Å². The van der Waals surface area contributed by atoms with E-state index in [2.05, 4.69) is 92.1 Å². The predicted octanol–water partition coefficient (Wildman–Crippen LogP) is 12.3. The molecule has 10 aromatic rings. The summed E-state index contributed by atoms with van der Waals surface area (Å²) in [5.74, 6) is 1.54. The molecule has 56 heavy (non-hydrogen) atoms. The first-order chi connectivity index (χ1) is 26.8. The molecule has 274 valence electrons. The molecule has 0 radical (unpaired) electrons. The number of thiophene rings is 1. The molecule has 10 rings (SSSR count). The molecule has 0 saturated heterocycles. The SMILES string of the molecule is CC(C)(C)n1c(-c2c(O)c3ccccc3c3sc4nc(-c5ccccc5)ncc4c23)nc2c(-c3[c-]c(-c4cc(-c5ccccc5)ccn4)ccc3)cccc21.[Pt]. The van der Waals surface area contributed by atoms with Crippen molar-refractivity contribution in [3.05, 3.63) is 152 Å². The van der Waals surface area contributed by atoms with Crippen LogP contribution in [0.3, 0.4) is 0 Å². The minimum absolute atomic E-state index is 0. The van der Waals surface area contributed by atoms with Gasteiger partial charge >= 0.3 is 0 Å². The van der Waals surface area contributed by atoms with E-state index in [-0.39, 0.29) is 26.8 Å². The van der Waals surface area contributed by atoms with Crippen LogP contribution in [-0.2, 0) is 26.6 Å². The Hall–Kier alpha value is -6.01. The molecular weight excluding hydrogens is 890 g/mol. The second kappa shape index (κ2) is 13.9. The summed E-state index contributed by atoms with van der Waals surface area (Å²) in [5, 5.41) is 15.9. The van der Waals surface area contributed by atoms with E-state index in [1.165, 1.54) is 0 Å². The topological polar surface area (TPSA) is 76.7 Å². The van der Waals surface area contributed by atoms with Crippen LogP contribution < -0.4 is 0 Å². The quantitative estimate of drug-likeness (QED) is 0.174.